The highest BCUT2D eigenvalue weighted by Crippen LogP contribution is 2.46. The number of fused-ring (bicyclic) bond motifs is 3. The van der Waals surface area contributed by atoms with Crippen molar-refractivity contribution in [1.29, 1.82) is 0 Å². The molecule has 0 bridgehead atoms. The van der Waals surface area contributed by atoms with Crippen molar-refractivity contribution < 1.29 is 38.0 Å². The summed E-state index contributed by atoms with van der Waals surface area (Å²) in [5.74, 6) is -0.350. The van der Waals surface area contributed by atoms with Gasteiger partial charge in [-0.3, -0.25) is 4.79 Å². The molecule has 8 heteroatoms. The van der Waals surface area contributed by atoms with E-state index in [-0.39, 0.29) is 48.7 Å². The number of ether oxygens (including phenoxy) is 7. The third-order valence-electron chi connectivity index (χ3n) is 6.58. The Hall–Kier alpha value is -0.770. The molecule has 4 rings (SSSR count). The van der Waals surface area contributed by atoms with Crippen LogP contribution in [0.2, 0.25) is 0 Å². The van der Waals surface area contributed by atoms with Crippen LogP contribution in [-0.4, -0.2) is 87.8 Å². The summed E-state index contributed by atoms with van der Waals surface area (Å²) < 4.78 is 42.0. The number of carbonyl (C=O) groups excluding carboxylic acids is 1. The average Bonchev–Trinajstić information content (AvgIpc) is 2.67. The molecule has 0 spiro atoms. The highest BCUT2D eigenvalue weighted by atomic mass is 16.7. The molecule has 0 radical (unpaired) electrons. The van der Waals surface area contributed by atoms with Crippen LogP contribution in [0.3, 0.4) is 0 Å². The molecule has 0 N–H and O–H groups in total. The van der Waals surface area contributed by atoms with E-state index < -0.39 is 11.7 Å². The average molecular weight is 400 g/mol. The molecule has 0 aliphatic carbocycles. The van der Waals surface area contributed by atoms with E-state index in [2.05, 4.69) is 0 Å². The lowest BCUT2D eigenvalue weighted by atomic mass is 9.76. The van der Waals surface area contributed by atoms with Gasteiger partial charge in [0.2, 0.25) is 0 Å². The summed E-state index contributed by atoms with van der Waals surface area (Å²) in [6.45, 7) is 4.51. The van der Waals surface area contributed by atoms with Crippen LogP contribution in [0, 0.1) is 0 Å². The van der Waals surface area contributed by atoms with Crippen molar-refractivity contribution in [2.24, 2.45) is 0 Å². The molecule has 160 valence electrons. The van der Waals surface area contributed by atoms with Crippen LogP contribution in [0.5, 0.6) is 0 Å². The standard InChI is InChI=1S/C20H32O8/c1-11(21)25-19-18-15(8-14-12(27-18)6-5-7-24-14)26-17-9-13(23-4)16(10-22-3)28-20(17,19)2/h12-19H,5-10H2,1-4H3/t12-,13-,14+,15-,16+,17+,18-,19+,20+/m0/s1. The second-order valence-corrected chi connectivity index (χ2v) is 8.42. The van der Waals surface area contributed by atoms with Gasteiger partial charge in [0, 0.05) is 40.6 Å². The number of esters is 1. The van der Waals surface area contributed by atoms with Gasteiger partial charge in [-0.25, -0.2) is 0 Å². The number of rotatable bonds is 4. The maximum Gasteiger partial charge on any atom is 0.303 e. The normalized spacial score (nSPS) is 48.1. The Morgan fingerprint density at radius 1 is 1.14 bits per heavy atom. The fraction of sp³-hybridized carbons (Fsp3) is 0.950. The van der Waals surface area contributed by atoms with Crippen molar-refractivity contribution in [3.8, 4) is 0 Å². The van der Waals surface area contributed by atoms with E-state index in [1.807, 2.05) is 6.92 Å². The predicted octanol–water partition coefficient (Wildman–Crippen LogP) is 1.23. The maximum absolute atomic E-state index is 12.0. The van der Waals surface area contributed by atoms with Gasteiger partial charge in [-0.2, -0.15) is 0 Å². The Labute approximate surface area is 166 Å². The molecule has 0 saturated carbocycles. The Bertz CT molecular complexity index is 570. The number of hydrogen-bond donors (Lipinski definition) is 0. The van der Waals surface area contributed by atoms with Gasteiger partial charge < -0.3 is 33.2 Å². The van der Waals surface area contributed by atoms with E-state index >= 15 is 0 Å². The van der Waals surface area contributed by atoms with Crippen molar-refractivity contribution >= 4 is 5.97 Å². The molecule has 28 heavy (non-hydrogen) atoms. The van der Waals surface area contributed by atoms with E-state index in [1.165, 1.54) is 6.92 Å². The summed E-state index contributed by atoms with van der Waals surface area (Å²) in [5.41, 5.74) is -0.840. The molecule has 0 aromatic rings. The molecule has 8 nitrogen and oxygen atoms in total. The van der Waals surface area contributed by atoms with Crippen molar-refractivity contribution in [3.05, 3.63) is 0 Å². The molecular weight excluding hydrogens is 368 g/mol. The lowest BCUT2D eigenvalue weighted by Gasteiger charge is -2.58. The van der Waals surface area contributed by atoms with Crippen molar-refractivity contribution in [2.45, 2.75) is 94.0 Å². The minimum atomic E-state index is -0.840. The minimum Gasteiger partial charge on any atom is -0.456 e. The number of methoxy groups -OCH3 is 2. The summed E-state index contributed by atoms with van der Waals surface area (Å²) in [4.78, 5) is 12.0. The van der Waals surface area contributed by atoms with Gasteiger partial charge in [-0.15, -0.1) is 0 Å². The monoisotopic (exact) mass is 400 g/mol. The SMILES string of the molecule is COC[C@H]1O[C@@]2(C)[C@H](OC(C)=O)[C@H]3O[C@H]4CCCO[C@@H]4C[C@@H]3O[C@@H]2C[C@@H]1OC. The molecule has 4 heterocycles. The van der Waals surface area contributed by atoms with Crippen molar-refractivity contribution in [1.82, 2.24) is 0 Å². The zero-order valence-electron chi connectivity index (χ0n) is 17.1. The fourth-order valence-corrected chi connectivity index (χ4v) is 5.21. The van der Waals surface area contributed by atoms with Crippen LogP contribution < -0.4 is 0 Å². The molecule has 9 atom stereocenters. The highest BCUT2D eigenvalue weighted by Gasteiger charge is 2.63. The summed E-state index contributed by atoms with van der Waals surface area (Å²) in [6.07, 6.45) is 1.46. The molecule has 4 aliphatic rings. The van der Waals surface area contributed by atoms with Gasteiger partial charge in [-0.1, -0.05) is 0 Å². The maximum atomic E-state index is 12.0. The van der Waals surface area contributed by atoms with Gasteiger partial charge in [0.05, 0.1) is 37.1 Å². The summed E-state index contributed by atoms with van der Waals surface area (Å²) in [5, 5.41) is 0. The summed E-state index contributed by atoms with van der Waals surface area (Å²) >= 11 is 0. The molecule has 0 aromatic carbocycles. The summed E-state index contributed by atoms with van der Waals surface area (Å²) in [6, 6.07) is 0. The zero-order chi connectivity index (χ0) is 19.9. The molecule has 4 fully saturated rings. The molecule has 0 aromatic heterocycles. The third kappa shape index (κ3) is 3.59. The Balaban J connectivity index is 1.62. The first-order valence-corrected chi connectivity index (χ1v) is 10.3. The minimum absolute atomic E-state index is 0.00175. The highest BCUT2D eigenvalue weighted by molar-refractivity contribution is 5.66. The van der Waals surface area contributed by atoms with Crippen LogP contribution in [0.1, 0.15) is 39.5 Å². The predicted molar refractivity (Wildman–Crippen MR) is 97.0 cm³/mol. The van der Waals surface area contributed by atoms with E-state index in [0.29, 0.717) is 13.0 Å². The first kappa shape index (κ1) is 20.5. The summed E-state index contributed by atoms with van der Waals surface area (Å²) in [7, 11) is 3.30. The largest absolute Gasteiger partial charge is 0.456 e. The molecule has 0 unspecified atom stereocenters. The second-order valence-electron chi connectivity index (χ2n) is 8.42. The first-order valence-electron chi connectivity index (χ1n) is 10.3. The Morgan fingerprint density at radius 3 is 2.68 bits per heavy atom. The van der Waals surface area contributed by atoms with E-state index in [1.54, 1.807) is 14.2 Å². The van der Waals surface area contributed by atoms with Gasteiger partial charge in [0.15, 0.2) is 6.10 Å². The van der Waals surface area contributed by atoms with Crippen LogP contribution in [0.4, 0.5) is 0 Å². The lowest BCUT2D eigenvalue weighted by Crippen LogP contribution is -2.73. The van der Waals surface area contributed by atoms with Gasteiger partial charge in [0.25, 0.3) is 0 Å². The zero-order valence-corrected chi connectivity index (χ0v) is 17.1. The number of carbonyl (C=O) groups is 1. The smallest absolute Gasteiger partial charge is 0.303 e. The van der Waals surface area contributed by atoms with Crippen LogP contribution >= 0.6 is 0 Å². The van der Waals surface area contributed by atoms with Crippen molar-refractivity contribution in [2.75, 3.05) is 27.4 Å². The Morgan fingerprint density at radius 2 is 1.96 bits per heavy atom. The van der Waals surface area contributed by atoms with E-state index in [0.717, 1.165) is 25.9 Å². The van der Waals surface area contributed by atoms with E-state index in [4.69, 9.17) is 33.2 Å². The van der Waals surface area contributed by atoms with E-state index in [9.17, 15) is 4.79 Å². The molecular formula is C20H32O8. The lowest BCUT2D eigenvalue weighted by molar-refractivity contribution is -0.356. The van der Waals surface area contributed by atoms with Gasteiger partial charge in [-0.05, 0) is 19.8 Å². The number of hydrogen-bond acceptors (Lipinski definition) is 8. The third-order valence-corrected chi connectivity index (χ3v) is 6.58. The quantitative estimate of drug-likeness (QED) is 0.652. The molecule has 0 amide bonds. The van der Waals surface area contributed by atoms with Crippen molar-refractivity contribution in [3.63, 3.8) is 0 Å². The van der Waals surface area contributed by atoms with Gasteiger partial charge in [0.1, 0.15) is 17.8 Å². The van der Waals surface area contributed by atoms with Crippen LogP contribution in [-0.2, 0) is 38.0 Å². The topological polar surface area (TPSA) is 81.7 Å². The van der Waals surface area contributed by atoms with Crippen LogP contribution in [0.25, 0.3) is 0 Å². The molecule has 4 saturated heterocycles. The fourth-order valence-electron chi connectivity index (χ4n) is 5.21. The molecule has 4 aliphatic heterocycles. The first-order chi connectivity index (χ1) is 13.5. The Kier molecular flexibility index (Phi) is 5.98. The van der Waals surface area contributed by atoms with Crippen LogP contribution in [0.15, 0.2) is 0 Å². The van der Waals surface area contributed by atoms with Gasteiger partial charge >= 0.3 is 5.97 Å². The second kappa shape index (κ2) is 8.16.